The molecule has 112 valence electrons. The molecule has 4 nitrogen and oxygen atoms in total. The Morgan fingerprint density at radius 3 is 2.27 bits per heavy atom. The zero-order chi connectivity index (χ0) is 15.9. The van der Waals surface area contributed by atoms with Gasteiger partial charge in [0.15, 0.2) is 0 Å². The number of hydrogen-bond donors (Lipinski definition) is 1. The first-order valence-corrected chi connectivity index (χ1v) is 6.90. The monoisotopic (exact) mass is 315 g/mol. The Labute approximate surface area is 133 Å². The highest BCUT2D eigenvalue weighted by Gasteiger charge is 2.14. The van der Waals surface area contributed by atoms with Crippen LogP contribution in [0.2, 0.25) is 5.02 Å². The van der Waals surface area contributed by atoms with Crippen LogP contribution in [0.5, 0.6) is 0 Å². The fraction of sp³-hybridized carbons (Fsp3) is 0.0588. The van der Waals surface area contributed by atoms with Gasteiger partial charge in [0, 0.05) is 10.6 Å². The summed E-state index contributed by atoms with van der Waals surface area (Å²) >= 11 is 5.82. The zero-order valence-electron chi connectivity index (χ0n) is 11.9. The molecule has 1 N–H and O–H groups in total. The van der Waals surface area contributed by atoms with Crippen LogP contribution in [0.4, 0.5) is 0 Å². The molecule has 0 aliphatic heterocycles. The molecule has 0 aliphatic rings. The Morgan fingerprint density at radius 1 is 1.05 bits per heavy atom. The molecule has 1 amide bonds. The number of esters is 1. The van der Waals surface area contributed by atoms with Crippen molar-refractivity contribution in [1.29, 1.82) is 0 Å². The van der Waals surface area contributed by atoms with Gasteiger partial charge in [-0.2, -0.15) is 0 Å². The first-order chi connectivity index (χ1) is 10.6. The van der Waals surface area contributed by atoms with Gasteiger partial charge in [0.1, 0.15) is 5.70 Å². The molecule has 0 aromatic heterocycles. The van der Waals surface area contributed by atoms with E-state index >= 15 is 0 Å². The molecule has 0 unspecified atom stereocenters. The molecular formula is C17H14ClNO3. The molecule has 0 aliphatic carbocycles. The molecule has 0 radical (unpaired) electrons. The lowest BCUT2D eigenvalue weighted by Crippen LogP contribution is -2.28. The minimum atomic E-state index is -0.626. The van der Waals surface area contributed by atoms with Gasteiger partial charge in [-0.15, -0.1) is 0 Å². The van der Waals surface area contributed by atoms with Crippen LogP contribution in [0.25, 0.3) is 6.08 Å². The van der Waals surface area contributed by atoms with Crippen LogP contribution in [0, 0.1) is 0 Å². The number of methoxy groups -OCH3 is 1. The van der Waals surface area contributed by atoms with Crippen LogP contribution in [-0.4, -0.2) is 19.0 Å². The number of carbonyl (C=O) groups is 2. The molecule has 0 spiro atoms. The van der Waals surface area contributed by atoms with E-state index in [1.165, 1.54) is 13.2 Å². The van der Waals surface area contributed by atoms with E-state index < -0.39 is 5.97 Å². The largest absolute Gasteiger partial charge is 0.464 e. The van der Waals surface area contributed by atoms with Crippen molar-refractivity contribution in [3.05, 3.63) is 76.4 Å². The van der Waals surface area contributed by atoms with Gasteiger partial charge >= 0.3 is 5.97 Å². The van der Waals surface area contributed by atoms with Crippen molar-refractivity contribution in [1.82, 2.24) is 5.32 Å². The molecule has 2 aromatic rings. The van der Waals surface area contributed by atoms with Gasteiger partial charge in [-0.3, -0.25) is 4.79 Å². The first-order valence-electron chi connectivity index (χ1n) is 6.52. The molecule has 0 atom stereocenters. The summed E-state index contributed by atoms with van der Waals surface area (Å²) in [6.07, 6.45) is 1.53. The number of halogens is 1. The SMILES string of the molecule is COC(=O)/C(=C\c1ccc(Cl)cc1)NC(=O)c1ccccc1. The molecular weight excluding hydrogens is 302 g/mol. The average molecular weight is 316 g/mol. The fourth-order valence-corrected chi connectivity index (χ4v) is 1.89. The molecule has 0 saturated heterocycles. The maximum Gasteiger partial charge on any atom is 0.354 e. The van der Waals surface area contributed by atoms with E-state index in [4.69, 9.17) is 16.3 Å². The standard InChI is InChI=1S/C17H14ClNO3/c1-22-17(21)15(11-12-7-9-14(18)10-8-12)19-16(20)13-5-3-2-4-6-13/h2-11H,1H3,(H,19,20)/b15-11+. The predicted molar refractivity (Wildman–Crippen MR) is 85.4 cm³/mol. The number of rotatable bonds is 4. The average Bonchev–Trinajstić information content (AvgIpc) is 2.56. The van der Waals surface area contributed by atoms with E-state index in [9.17, 15) is 9.59 Å². The highest BCUT2D eigenvalue weighted by molar-refractivity contribution is 6.30. The number of amides is 1. The van der Waals surface area contributed by atoms with Crippen molar-refractivity contribution >= 4 is 29.6 Å². The second-order valence-corrected chi connectivity index (χ2v) is 4.86. The summed E-state index contributed by atoms with van der Waals surface area (Å²) < 4.78 is 4.70. The molecule has 0 saturated carbocycles. The maximum atomic E-state index is 12.1. The van der Waals surface area contributed by atoms with Crippen molar-refractivity contribution in [2.24, 2.45) is 0 Å². The fourth-order valence-electron chi connectivity index (χ4n) is 1.77. The lowest BCUT2D eigenvalue weighted by Gasteiger charge is -2.08. The highest BCUT2D eigenvalue weighted by atomic mass is 35.5. The van der Waals surface area contributed by atoms with E-state index in [-0.39, 0.29) is 11.6 Å². The number of nitrogens with one attached hydrogen (secondary N) is 1. The van der Waals surface area contributed by atoms with Crippen molar-refractivity contribution in [2.75, 3.05) is 7.11 Å². The Morgan fingerprint density at radius 2 is 1.68 bits per heavy atom. The summed E-state index contributed by atoms with van der Waals surface area (Å²) in [5, 5.41) is 3.15. The van der Waals surface area contributed by atoms with Crippen molar-refractivity contribution in [3.63, 3.8) is 0 Å². The van der Waals surface area contributed by atoms with E-state index in [2.05, 4.69) is 5.32 Å². The van der Waals surface area contributed by atoms with Gasteiger partial charge in [-0.05, 0) is 35.9 Å². The van der Waals surface area contributed by atoms with Crippen molar-refractivity contribution < 1.29 is 14.3 Å². The van der Waals surface area contributed by atoms with Gasteiger partial charge in [0.05, 0.1) is 7.11 Å². The third kappa shape index (κ3) is 4.20. The summed E-state index contributed by atoms with van der Waals surface area (Å²) in [7, 11) is 1.26. The van der Waals surface area contributed by atoms with Crippen molar-refractivity contribution in [2.45, 2.75) is 0 Å². The number of benzene rings is 2. The van der Waals surface area contributed by atoms with E-state index in [1.54, 1.807) is 48.5 Å². The molecule has 5 heteroatoms. The normalized spacial score (nSPS) is 10.9. The molecule has 2 aromatic carbocycles. The van der Waals surface area contributed by atoms with Crippen LogP contribution in [0.1, 0.15) is 15.9 Å². The topological polar surface area (TPSA) is 55.4 Å². The molecule has 2 rings (SSSR count). The number of ether oxygens (including phenoxy) is 1. The second kappa shape index (κ2) is 7.43. The van der Waals surface area contributed by atoms with E-state index in [0.717, 1.165) is 5.56 Å². The number of carbonyl (C=O) groups excluding carboxylic acids is 2. The Hall–Kier alpha value is -2.59. The van der Waals surface area contributed by atoms with Crippen LogP contribution < -0.4 is 5.32 Å². The van der Waals surface area contributed by atoms with E-state index in [1.807, 2.05) is 6.07 Å². The first kappa shape index (κ1) is 15.8. The minimum Gasteiger partial charge on any atom is -0.464 e. The Balaban J connectivity index is 2.25. The molecule has 0 heterocycles. The predicted octanol–water partition coefficient (Wildman–Crippen LogP) is 3.28. The lowest BCUT2D eigenvalue weighted by atomic mass is 10.1. The maximum absolute atomic E-state index is 12.1. The Kier molecular flexibility index (Phi) is 5.33. The summed E-state index contributed by atoms with van der Waals surface area (Å²) in [5.41, 5.74) is 1.23. The summed E-state index contributed by atoms with van der Waals surface area (Å²) in [4.78, 5) is 24.0. The van der Waals surface area contributed by atoms with Crippen LogP contribution >= 0.6 is 11.6 Å². The van der Waals surface area contributed by atoms with Crippen molar-refractivity contribution in [3.8, 4) is 0 Å². The summed E-state index contributed by atoms with van der Waals surface area (Å²) in [6, 6.07) is 15.5. The van der Waals surface area contributed by atoms with Crippen LogP contribution in [-0.2, 0) is 9.53 Å². The lowest BCUT2D eigenvalue weighted by molar-refractivity contribution is -0.136. The zero-order valence-corrected chi connectivity index (χ0v) is 12.6. The molecule has 22 heavy (non-hydrogen) atoms. The molecule has 0 bridgehead atoms. The smallest absolute Gasteiger partial charge is 0.354 e. The van der Waals surface area contributed by atoms with Crippen LogP contribution in [0.3, 0.4) is 0 Å². The van der Waals surface area contributed by atoms with Gasteiger partial charge in [-0.25, -0.2) is 4.79 Å². The highest BCUT2D eigenvalue weighted by Crippen LogP contribution is 2.13. The quantitative estimate of drug-likeness (QED) is 0.696. The van der Waals surface area contributed by atoms with E-state index in [0.29, 0.717) is 10.6 Å². The van der Waals surface area contributed by atoms with Crippen LogP contribution in [0.15, 0.2) is 60.3 Å². The molecule has 0 fully saturated rings. The van der Waals surface area contributed by atoms with Gasteiger partial charge < -0.3 is 10.1 Å². The second-order valence-electron chi connectivity index (χ2n) is 4.42. The Bertz CT molecular complexity index is 694. The summed E-state index contributed by atoms with van der Waals surface area (Å²) in [6.45, 7) is 0. The van der Waals surface area contributed by atoms with Gasteiger partial charge in [0.25, 0.3) is 5.91 Å². The summed E-state index contributed by atoms with van der Waals surface area (Å²) in [5.74, 6) is -1.01. The number of hydrogen-bond acceptors (Lipinski definition) is 3. The third-order valence-electron chi connectivity index (χ3n) is 2.87. The minimum absolute atomic E-state index is 0.0543. The van der Waals surface area contributed by atoms with Gasteiger partial charge in [-0.1, -0.05) is 41.9 Å². The van der Waals surface area contributed by atoms with Gasteiger partial charge in [0.2, 0.25) is 0 Å². The third-order valence-corrected chi connectivity index (χ3v) is 3.12.